The van der Waals surface area contributed by atoms with Crippen LogP contribution in [0.1, 0.15) is 0 Å². The Morgan fingerprint density at radius 2 is 2.00 bits per heavy atom. The summed E-state index contributed by atoms with van der Waals surface area (Å²) >= 11 is 0. The maximum atomic E-state index is 12.2. The lowest BCUT2D eigenvalue weighted by molar-refractivity contribution is 0.343. The number of rotatable bonds is 5. The summed E-state index contributed by atoms with van der Waals surface area (Å²) in [5.41, 5.74) is 0.107. The summed E-state index contributed by atoms with van der Waals surface area (Å²) in [4.78, 5) is 19.4. The van der Waals surface area contributed by atoms with Crippen LogP contribution >= 0.6 is 0 Å². The number of benzene rings is 1. The zero-order valence-electron chi connectivity index (χ0n) is 12.7. The molecule has 0 bridgehead atoms. The number of nitrogens with one attached hydrogen (secondary N) is 1. The molecule has 0 spiro atoms. The number of H-pyrrole nitrogens is 1. The Kier molecular flexibility index (Phi) is 4.52. The Bertz CT molecular complexity index is 865. The van der Waals surface area contributed by atoms with Crippen LogP contribution in [0.25, 0.3) is 11.0 Å². The van der Waals surface area contributed by atoms with Crippen molar-refractivity contribution in [3.8, 4) is 11.5 Å². The molecule has 0 amide bonds. The summed E-state index contributed by atoms with van der Waals surface area (Å²) in [6.07, 6.45) is 3.51. The molecule has 0 fully saturated rings. The summed E-state index contributed by atoms with van der Waals surface area (Å²) in [5, 5.41) is 11.0. The second-order valence-corrected chi connectivity index (χ2v) is 7.12. The standard InChI is InChI=1S/C17H16N2O3S/c1-23(11-10-22-12-6-3-2-4-7-12)15-14(20)13-8-5-9-18-16(13)19-17(15)21/h2-9H,10-11H2,1H3,(H-,18,19,20,21)/p+1. The van der Waals surface area contributed by atoms with E-state index in [0.29, 0.717) is 28.3 Å². The van der Waals surface area contributed by atoms with Crippen molar-refractivity contribution in [2.75, 3.05) is 18.6 Å². The van der Waals surface area contributed by atoms with E-state index in [-0.39, 0.29) is 11.3 Å². The highest BCUT2D eigenvalue weighted by molar-refractivity contribution is 7.96. The number of ether oxygens (including phenoxy) is 1. The third kappa shape index (κ3) is 3.32. The van der Waals surface area contributed by atoms with Gasteiger partial charge in [-0.3, -0.25) is 4.79 Å². The maximum absolute atomic E-state index is 12.2. The zero-order chi connectivity index (χ0) is 16.2. The highest BCUT2D eigenvalue weighted by atomic mass is 32.2. The smallest absolute Gasteiger partial charge is 0.308 e. The molecule has 6 heteroatoms. The topological polar surface area (TPSA) is 75.2 Å². The first-order valence-electron chi connectivity index (χ1n) is 7.17. The van der Waals surface area contributed by atoms with Crippen molar-refractivity contribution < 1.29 is 9.84 Å². The molecule has 2 heterocycles. The fraction of sp³-hybridized carbons (Fsp3) is 0.176. The highest BCUT2D eigenvalue weighted by Crippen LogP contribution is 2.27. The number of hydrogen-bond donors (Lipinski definition) is 2. The summed E-state index contributed by atoms with van der Waals surface area (Å²) < 4.78 is 5.67. The minimum atomic E-state index is -0.433. The number of para-hydroxylation sites is 1. The van der Waals surface area contributed by atoms with Gasteiger partial charge in [0, 0.05) is 17.1 Å². The summed E-state index contributed by atoms with van der Waals surface area (Å²) in [6.45, 7) is 0.480. The molecule has 0 aliphatic heterocycles. The van der Waals surface area contributed by atoms with E-state index in [4.69, 9.17) is 4.74 Å². The highest BCUT2D eigenvalue weighted by Gasteiger charge is 2.27. The fourth-order valence-corrected chi connectivity index (χ4v) is 3.66. The normalized spacial score (nSPS) is 12.2. The Labute approximate surface area is 136 Å². The van der Waals surface area contributed by atoms with Crippen molar-refractivity contribution >= 4 is 21.9 Å². The fourth-order valence-electron chi connectivity index (χ4n) is 2.32. The van der Waals surface area contributed by atoms with Gasteiger partial charge in [-0.1, -0.05) is 18.2 Å². The number of aromatic nitrogens is 2. The monoisotopic (exact) mass is 329 g/mol. The second kappa shape index (κ2) is 6.75. The van der Waals surface area contributed by atoms with E-state index in [0.717, 1.165) is 5.75 Å². The molecule has 3 rings (SSSR count). The van der Waals surface area contributed by atoms with E-state index in [2.05, 4.69) is 9.97 Å². The lowest BCUT2D eigenvalue weighted by atomic mass is 10.3. The molecule has 1 unspecified atom stereocenters. The van der Waals surface area contributed by atoms with Crippen molar-refractivity contribution in [2.24, 2.45) is 0 Å². The van der Waals surface area contributed by atoms with Gasteiger partial charge in [-0.2, -0.15) is 0 Å². The van der Waals surface area contributed by atoms with Gasteiger partial charge in [-0.25, -0.2) is 4.98 Å². The number of aromatic hydroxyl groups is 1. The Hall–Kier alpha value is -2.47. The predicted octanol–water partition coefficient (Wildman–Crippen LogP) is 2.31. The van der Waals surface area contributed by atoms with Crippen molar-refractivity contribution in [1.82, 2.24) is 9.97 Å². The molecular weight excluding hydrogens is 312 g/mol. The SMILES string of the molecule is C[S+](CCOc1ccccc1)c1c(O)c2cccnc2[nH]c1=O. The first kappa shape index (κ1) is 15.4. The molecule has 3 aromatic rings. The van der Waals surface area contributed by atoms with E-state index in [1.165, 1.54) is 0 Å². The van der Waals surface area contributed by atoms with Crippen molar-refractivity contribution in [3.63, 3.8) is 0 Å². The number of pyridine rings is 2. The van der Waals surface area contributed by atoms with Gasteiger partial charge in [0.25, 0.3) is 4.90 Å². The van der Waals surface area contributed by atoms with Crippen molar-refractivity contribution in [2.45, 2.75) is 4.90 Å². The molecule has 23 heavy (non-hydrogen) atoms. The molecule has 5 nitrogen and oxygen atoms in total. The molecule has 0 radical (unpaired) electrons. The van der Waals surface area contributed by atoms with Gasteiger partial charge in [0.2, 0.25) is 0 Å². The Balaban J connectivity index is 1.78. The molecule has 0 saturated heterocycles. The lowest BCUT2D eigenvalue weighted by Crippen LogP contribution is -2.22. The van der Waals surface area contributed by atoms with Crippen LogP contribution < -0.4 is 10.3 Å². The Morgan fingerprint density at radius 3 is 2.78 bits per heavy atom. The van der Waals surface area contributed by atoms with Gasteiger partial charge >= 0.3 is 5.56 Å². The molecule has 0 aliphatic carbocycles. The Morgan fingerprint density at radius 1 is 1.22 bits per heavy atom. The molecular formula is C17H17N2O3S+. The van der Waals surface area contributed by atoms with Gasteiger partial charge in [0.15, 0.2) is 5.75 Å². The van der Waals surface area contributed by atoms with E-state index in [9.17, 15) is 9.90 Å². The number of hydrogen-bond acceptors (Lipinski definition) is 4. The average Bonchev–Trinajstić information content (AvgIpc) is 2.56. The summed E-state index contributed by atoms with van der Waals surface area (Å²) in [7, 11) is -0.433. The molecule has 118 valence electrons. The first-order valence-corrected chi connectivity index (χ1v) is 8.97. The quantitative estimate of drug-likeness (QED) is 0.705. The van der Waals surface area contributed by atoms with Crippen LogP contribution in [0.3, 0.4) is 0 Å². The number of aromatic amines is 1. The number of fused-ring (bicyclic) bond motifs is 1. The zero-order valence-corrected chi connectivity index (χ0v) is 13.5. The van der Waals surface area contributed by atoms with E-state index in [1.54, 1.807) is 18.3 Å². The second-order valence-electron chi connectivity index (χ2n) is 5.03. The first-order chi connectivity index (χ1) is 11.2. The largest absolute Gasteiger partial charge is 0.503 e. The number of nitrogens with zero attached hydrogens (tertiary/aromatic N) is 1. The van der Waals surface area contributed by atoms with Crippen LogP contribution in [0.5, 0.6) is 11.5 Å². The third-order valence-corrected chi connectivity index (χ3v) is 5.32. The van der Waals surface area contributed by atoms with Crippen LogP contribution in [-0.4, -0.2) is 33.7 Å². The van der Waals surface area contributed by atoms with Gasteiger partial charge in [0.05, 0.1) is 5.39 Å². The van der Waals surface area contributed by atoms with E-state index < -0.39 is 10.9 Å². The third-order valence-electron chi connectivity index (χ3n) is 3.47. The van der Waals surface area contributed by atoms with Crippen LogP contribution in [-0.2, 0) is 10.9 Å². The molecule has 1 aromatic carbocycles. The van der Waals surface area contributed by atoms with Crippen molar-refractivity contribution in [1.29, 1.82) is 0 Å². The van der Waals surface area contributed by atoms with Crippen LogP contribution in [0, 0.1) is 0 Å². The molecule has 2 aromatic heterocycles. The molecule has 1 atom stereocenters. The molecule has 0 saturated carbocycles. The minimum Gasteiger partial charge on any atom is -0.503 e. The summed E-state index contributed by atoms with van der Waals surface area (Å²) in [5.74, 6) is 1.46. The van der Waals surface area contributed by atoms with Crippen molar-refractivity contribution in [3.05, 3.63) is 59.0 Å². The average molecular weight is 329 g/mol. The lowest BCUT2D eigenvalue weighted by Gasteiger charge is -2.08. The van der Waals surface area contributed by atoms with E-state index >= 15 is 0 Å². The van der Waals surface area contributed by atoms with Crippen LogP contribution in [0.2, 0.25) is 0 Å². The molecule has 2 N–H and O–H groups in total. The summed E-state index contributed by atoms with van der Waals surface area (Å²) in [6, 6.07) is 13.0. The predicted molar refractivity (Wildman–Crippen MR) is 92.4 cm³/mol. The van der Waals surface area contributed by atoms with Gasteiger partial charge < -0.3 is 14.8 Å². The van der Waals surface area contributed by atoms with Gasteiger partial charge in [-0.15, -0.1) is 0 Å². The van der Waals surface area contributed by atoms with E-state index in [1.807, 2.05) is 36.6 Å². The van der Waals surface area contributed by atoms with Gasteiger partial charge in [-0.05, 0) is 24.3 Å². The van der Waals surface area contributed by atoms with Crippen LogP contribution in [0.4, 0.5) is 0 Å². The maximum Gasteiger partial charge on any atom is 0.308 e. The minimum absolute atomic E-state index is 0.0161. The molecule has 0 aliphatic rings. The van der Waals surface area contributed by atoms with Crippen LogP contribution in [0.15, 0.2) is 58.4 Å². The van der Waals surface area contributed by atoms with Gasteiger partial charge in [0.1, 0.15) is 30.0 Å².